The Bertz CT molecular complexity index is 932. The molecule has 1 saturated heterocycles. The second-order valence-electron chi connectivity index (χ2n) is 8.86. The topological polar surface area (TPSA) is 66.0 Å². The second kappa shape index (κ2) is 11.5. The van der Waals surface area contributed by atoms with Crippen molar-refractivity contribution in [3.63, 3.8) is 0 Å². The van der Waals surface area contributed by atoms with Crippen LogP contribution in [0.2, 0.25) is 0 Å². The van der Waals surface area contributed by atoms with Crippen molar-refractivity contribution in [3.05, 3.63) is 47.5 Å². The van der Waals surface area contributed by atoms with Gasteiger partial charge in [-0.1, -0.05) is 31.0 Å². The molecule has 1 aliphatic carbocycles. The van der Waals surface area contributed by atoms with Gasteiger partial charge in [-0.3, -0.25) is 0 Å². The van der Waals surface area contributed by atoms with Gasteiger partial charge >= 0.3 is 5.97 Å². The Hall–Kier alpha value is -2.57. The molecular weight excluding hydrogens is 418 g/mol. The number of carbonyl (C=O) groups is 1. The summed E-state index contributed by atoms with van der Waals surface area (Å²) in [7, 11) is 0. The number of anilines is 1. The molecule has 2 aromatic carbocycles. The second-order valence-corrected chi connectivity index (χ2v) is 8.86. The first-order chi connectivity index (χ1) is 16.2. The Morgan fingerprint density at radius 1 is 1.06 bits per heavy atom. The highest BCUT2D eigenvalue weighted by molar-refractivity contribution is 5.76. The minimum atomic E-state index is -0.230. The predicted molar refractivity (Wildman–Crippen MR) is 128 cm³/mol. The Kier molecular flexibility index (Phi) is 8.24. The fraction of sp³-hybridized carbons (Fsp3) is 0.519. The summed E-state index contributed by atoms with van der Waals surface area (Å²) in [4.78, 5) is 17.8. The number of rotatable bonds is 9. The van der Waals surface area contributed by atoms with E-state index in [0.29, 0.717) is 45.4 Å². The number of carbonyl (C=O) groups excluding carboxylic acids is 1. The highest BCUT2D eigenvalue weighted by Crippen LogP contribution is 2.35. The van der Waals surface area contributed by atoms with Crippen molar-refractivity contribution >= 4 is 11.7 Å². The number of hydrogen-bond acceptors (Lipinski definition) is 6. The Morgan fingerprint density at radius 3 is 2.61 bits per heavy atom. The lowest BCUT2D eigenvalue weighted by atomic mass is 9.95. The van der Waals surface area contributed by atoms with Gasteiger partial charge < -0.3 is 19.0 Å². The molecule has 0 radical (unpaired) electrons. The first kappa shape index (κ1) is 23.6. The zero-order chi connectivity index (χ0) is 23.0. The standard InChI is InChI=1S/C27H35NO5/c1-3-31-26-10-6-9-24(19(26)2)25-12-11-22(17-21(25)18-32-23-7-4-5-8-23)28-33-27(29)20-13-15-30-16-14-20/h6,9-12,17,20,23,28H,3-5,7-8,13-16,18H2,1-2H3. The maximum absolute atomic E-state index is 12.4. The van der Waals surface area contributed by atoms with Gasteiger partial charge in [-0.25, -0.2) is 10.3 Å². The van der Waals surface area contributed by atoms with Gasteiger partial charge in [-0.2, -0.15) is 0 Å². The molecule has 1 N–H and O–H groups in total. The lowest BCUT2D eigenvalue weighted by Gasteiger charge is -2.21. The van der Waals surface area contributed by atoms with Crippen LogP contribution in [0, 0.1) is 12.8 Å². The fourth-order valence-electron chi connectivity index (χ4n) is 4.65. The molecule has 178 valence electrons. The fourth-order valence-corrected chi connectivity index (χ4v) is 4.65. The monoisotopic (exact) mass is 453 g/mol. The Morgan fingerprint density at radius 2 is 1.85 bits per heavy atom. The third kappa shape index (κ3) is 6.06. The molecule has 0 unspecified atom stereocenters. The summed E-state index contributed by atoms with van der Waals surface area (Å²) in [5.74, 6) is 0.552. The van der Waals surface area contributed by atoms with Crippen LogP contribution in [0.1, 0.15) is 56.6 Å². The van der Waals surface area contributed by atoms with E-state index in [1.165, 1.54) is 12.8 Å². The summed E-state index contributed by atoms with van der Waals surface area (Å²) in [5, 5.41) is 0. The van der Waals surface area contributed by atoms with Crippen molar-refractivity contribution in [2.45, 2.75) is 65.1 Å². The molecule has 1 aliphatic heterocycles. The molecule has 0 amide bonds. The van der Waals surface area contributed by atoms with Gasteiger partial charge in [0.15, 0.2) is 0 Å². The lowest BCUT2D eigenvalue weighted by Crippen LogP contribution is -2.26. The molecule has 0 atom stereocenters. The largest absolute Gasteiger partial charge is 0.494 e. The van der Waals surface area contributed by atoms with Gasteiger partial charge in [-0.15, -0.1) is 0 Å². The quantitative estimate of drug-likeness (QED) is 0.483. The summed E-state index contributed by atoms with van der Waals surface area (Å²) in [5.41, 5.74) is 8.00. The molecular formula is C27H35NO5. The predicted octanol–water partition coefficient (Wildman–Crippen LogP) is 5.82. The average Bonchev–Trinajstić information content (AvgIpc) is 3.37. The van der Waals surface area contributed by atoms with Crippen LogP contribution in [0.4, 0.5) is 5.69 Å². The molecule has 6 heteroatoms. The number of ether oxygens (including phenoxy) is 3. The van der Waals surface area contributed by atoms with Gasteiger partial charge in [0.2, 0.25) is 0 Å². The van der Waals surface area contributed by atoms with Crippen molar-refractivity contribution in [2.24, 2.45) is 5.92 Å². The summed E-state index contributed by atoms with van der Waals surface area (Å²) in [6.07, 6.45) is 6.43. The highest BCUT2D eigenvalue weighted by Gasteiger charge is 2.24. The minimum absolute atomic E-state index is 0.111. The average molecular weight is 454 g/mol. The minimum Gasteiger partial charge on any atom is -0.494 e. The third-order valence-electron chi connectivity index (χ3n) is 6.58. The molecule has 6 nitrogen and oxygen atoms in total. The molecule has 4 rings (SSSR count). The van der Waals surface area contributed by atoms with E-state index in [4.69, 9.17) is 19.0 Å². The van der Waals surface area contributed by atoms with Crippen LogP contribution >= 0.6 is 0 Å². The normalized spacial score (nSPS) is 17.2. The van der Waals surface area contributed by atoms with E-state index in [1.54, 1.807) is 0 Å². The molecule has 2 fully saturated rings. The molecule has 1 saturated carbocycles. The molecule has 1 heterocycles. The van der Waals surface area contributed by atoms with Crippen molar-refractivity contribution in [1.29, 1.82) is 0 Å². The Labute approximate surface area is 196 Å². The van der Waals surface area contributed by atoms with E-state index >= 15 is 0 Å². The van der Waals surface area contributed by atoms with Crippen LogP contribution < -0.4 is 10.2 Å². The molecule has 2 aromatic rings. The summed E-state index contributed by atoms with van der Waals surface area (Å²) in [6.45, 7) is 6.44. The van der Waals surface area contributed by atoms with Gasteiger partial charge in [-0.05, 0) is 80.0 Å². The van der Waals surface area contributed by atoms with E-state index < -0.39 is 0 Å². The van der Waals surface area contributed by atoms with Crippen molar-refractivity contribution < 1.29 is 23.8 Å². The summed E-state index contributed by atoms with van der Waals surface area (Å²) in [6, 6.07) is 12.2. The van der Waals surface area contributed by atoms with E-state index in [9.17, 15) is 4.79 Å². The molecule has 2 aliphatic rings. The maximum atomic E-state index is 12.4. The van der Waals surface area contributed by atoms with Gasteiger partial charge in [0.1, 0.15) is 5.75 Å². The van der Waals surface area contributed by atoms with Gasteiger partial charge in [0, 0.05) is 13.2 Å². The molecule has 0 aromatic heterocycles. The van der Waals surface area contributed by atoms with Gasteiger partial charge in [0.05, 0.1) is 30.9 Å². The number of benzene rings is 2. The first-order valence-electron chi connectivity index (χ1n) is 12.2. The van der Waals surface area contributed by atoms with E-state index in [0.717, 1.165) is 46.5 Å². The van der Waals surface area contributed by atoms with Crippen molar-refractivity contribution in [1.82, 2.24) is 0 Å². The Balaban J connectivity index is 1.54. The number of nitrogens with one attached hydrogen (secondary N) is 1. The maximum Gasteiger partial charge on any atom is 0.335 e. The first-order valence-corrected chi connectivity index (χ1v) is 12.2. The zero-order valence-electron chi connectivity index (χ0n) is 19.7. The van der Waals surface area contributed by atoms with Crippen LogP contribution in [0.5, 0.6) is 5.75 Å². The lowest BCUT2D eigenvalue weighted by molar-refractivity contribution is -0.148. The zero-order valence-corrected chi connectivity index (χ0v) is 19.7. The highest BCUT2D eigenvalue weighted by atomic mass is 16.7. The molecule has 0 bridgehead atoms. The van der Waals surface area contributed by atoms with Crippen LogP contribution in [0.15, 0.2) is 36.4 Å². The van der Waals surface area contributed by atoms with Crippen LogP contribution in [0.3, 0.4) is 0 Å². The van der Waals surface area contributed by atoms with Crippen LogP contribution in [0.25, 0.3) is 11.1 Å². The SMILES string of the molecule is CCOc1cccc(-c2ccc(NOC(=O)C3CCOCC3)cc2COC2CCCC2)c1C. The molecule has 0 spiro atoms. The van der Waals surface area contributed by atoms with E-state index in [-0.39, 0.29) is 11.9 Å². The summed E-state index contributed by atoms with van der Waals surface area (Å²) < 4.78 is 17.4. The van der Waals surface area contributed by atoms with Gasteiger partial charge in [0.25, 0.3) is 0 Å². The smallest absolute Gasteiger partial charge is 0.335 e. The summed E-state index contributed by atoms with van der Waals surface area (Å²) >= 11 is 0. The van der Waals surface area contributed by atoms with Crippen LogP contribution in [-0.4, -0.2) is 31.9 Å². The molecule has 33 heavy (non-hydrogen) atoms. The third-order valence-corrected chi connectivity index (χ3v) is 6.58. The number of hydrogen-bond donors (Lipinski definition) is 1. The van der Waals surface area contributed by atoms with Crippen LogP contribution in [-0.2, 0) is 25.7 Å². The van der Waals surface area contributed by atoms with E-state index in [1.807, 2.05) is 31.2 Å². The van der Waals surface area contributed by atoms with Crippen molar-refractivity contribution in [2.75, 3.05) is 25.3 Å². The van der Waals surface area contributed by atoms with Crippen molar-refractivity contribution in [3.8, 4) is 16.9 Å². The van der Waals surface area contributed by atoms with E-state index in [2.05, 4.69) is 24.5 Å².